The van der Waals surface area contributed by atoms with Crippen molar-refractivity contribution >= 4 is 21.6 Å². The summed E-state index contributed by atoms with van der Waals surface area (Å²) in [5, 5.41) is 0. The molecule has 0 heterocycles. The van der Waals surface area contributed by atoms with Crippen molar-refractivity contribution in [2.45, 2.75) is 129 Å². The van der Waals surface area contributed by atoms with E-state index in [4.69, 9.17) is 0 Å². The van der Waals surface area contributed by atoms with Gasteiger partial charge in [0.25, 0.3) is 0 Å². The maximum absolute atomic E-state index is 14.7. The lowest BCUT2D eigenvalue weighted by molar-refractivity contribution is -0.474. The standard InChI is InChI=1S/C32H8F42S2/c33-13(34,15(37,38)17(41,42)19(45,46)21(49,50)23(53,54)25(57,58)27(61,62)29(65,66)31(69,70)71)9-1-5-11(6-2-9)75-76-12-7-3-10(4-8-12)14(35,36)16(39,40)18(43,44)20(47,48)22(51,52)24(55,56)26(59,60)28(63,64)30(67,68)32(72,73)74/h1-8H. The second-order valence-corrected chi connectivity index (χ2v) is 16.8. The average Bonchev–Trinajstić information content (AvgIpc) is 3.23. The van der Waals surface area contributed by atoms with Crippen LogP contribution < -0.4 is 0 Å². The van der Waals surface area contributed by atoms with Gasteiger partial charge >= 0.3 is 119 Å². The molecule has 0 aliphatic heterocycles. The highest BCUT2D eigenvalue weighted by molar-refractivity contribution is 8.76. The molecule has 0 atom stereocenters. The predicted octanol–water partition coefficient (Wildman–Crippen LogP) is 18.0. The number of rotatable bonds is 21. The zero-order valence-corrected chi connectivity index (χ0v) is 34.9. The molecule has 0 aliphatic carbocycles. The van der Waals surface area contributed by atoms with Crippen molar-refractivity contribution in [3.8, 4) is 0 Å². The van der Waals surface area contributed by atoms with Crippen LogP contribution in [0.1, 0.15) is 11.1 Å². The molecule has 2 rings (SSSR count). The first kappa shape index (κ1) is 68.3. The second-order valence-electron chi connectivity index (χ2n) is 14.6. The molecule has 0 nitrogen and oxygen atoms in total. The largest absolute Gasteiger partial charge is 0.460 e. The van der Waals surface area contributed by atoms with Crippen molar-refractivity contribution in [3.63, 3.8) is 0 Å². The molecule has 0 unspecified atom stereocenters. The van der Waals surface area contributed by atoms with E-state index in [1.807, 2.05) is 0 Å². The predicted molar refractivity (Wildman–Crippen MR) is 164 cm³/mol. The van der Waals surface area contributed by atoms with Gasteiger partial charge in [0.05, 0.1) is 0 Å². The molecular weight excluding hydrogens is 1250 g/mol. The molecule has 0 N–H and O–H groups in total. The van der Waals surface area contributed by atoms with Gasteiger partial charge in [-0.25, -0.2) is 0 Å². The molecule has 0 radical (unpaired) electrons. The number of alkyl halides is 42. The molecule has 2 aromatic carbocycles. The Kier molecular flexibility index (Phi) is 16.5. The molecule has 0 spiro atoms. The summed E-state index contributed by atoms with van der Waals surface area (Å²) in [7, 11) is -0.388. The van der Waals surface area contributed by atoms with Gasteiger partial charge in [0.15, 0.2) is 0 Å². The van der Waals surface area contributed by atoms with Crippen LogP contribution in [0.25, 0.3) is 0 Å². The van der Waals surface area contributed by atoms with Gasteiger partial charge in [0, 0.05) is 20.9 Å². The SMILES string of the molecule is FC(F)(F)C(F)(F)C(F)(F)C(F)(F)C(F)(F)C(F)(F)C(F)(F)C(F)(F)C(F)(F)C(F)(F)c1ccc(SSc2ccc(C(F)(F)C(F)(F)C(F)(F)C(F)(F)C(F)(F)C(F)(F)C(F)(F)C(F)(F)C(F)(F)C(F)(F)F)cc2)cc1. The Balaban J connectivity index is 2.49. The van der Waals surface area contributed by atoms with E-state index in [2.05, 4.69) is 0 Å². The van der Waals surface area contributed by atoms with E-state index in [9.17, 15) is 184 Å². The van der Waals surface area contributed by atoms with Crippen LogP contribution >= 0.6 is 21.6 Å². The Morgan fingerprint density at radius 1 is 0.171 bits per heavy atom. The molecule has 0 amide bonds. The fourth-order valence-corrected chi connectivity index (χ4v) is 6.95. The monoisotopic (exact) mass is 1250 g/mol. The van der Waals surface area contributed by atoms with Gasteiger partial charge in [-0.2, -0.15) is 184 Å². The first-order chi connectivity index (χ1) is 32.7. The zero-order valence-electron chi connectivity index (χ0n) is 33.3. The van der Waals surface area contributed by atoms with Gasteiger partial charge in [-0.15, -0.1) is 0 Å². The van der Waals surface area contributed by atoms with Crippen LogP contribution in [0.15, 0.2) is 58.3 Å². The van der Waals surface area contributed by atoms with Crippen molar-refractivity contribution < 1.29 is 184 Å². The summed E-state index contributed by atoms with van der Waals surface area (Å²) in [6.07, 6.45) is -16.4. The van der Waals surface area contributed by atoms with Crippen molar-refractivity contribution in [1.82, 2.24) is 0 Å². The molecule has 2 aromatic rings. The van der Waals surface area contributed by atoms with Crippen molar-refractivity contribution in [2.24, 2.45) is 0 Å². The average molecular weight is 1250 g/mol. The number of halogens is 42. The quantitative estimate of drug-likeness (QED) is 0.0903. The number of hydrogen-bond acceptors (Lipinski definition) is 2. The van der Waals surface area contributed by atoms with Crippen molar-refractivity contribution in [3.05, 3.63) is 59.7 Å². The van der Waals surface area contributed by atoms with Gasteiger partial charge < -0.3 is 0 Å². The van der Waals surface area contributed by atoms with E-state index in [0.717, 1.165) is 0 Å². The van der Waals surface area contributed by atoms with Crippen LogP contribution in [-0.4, -0.2) is 107 Å². The molecule has 0 bridgehead atoms. The molecule has 442 valence electrons. The van der Waals surface area contributed by atoms with E-state index in [1.54, 1.807) is 0 Å². The fourth-order valence-electron chi connectivity index (χ4n) is 5.01. The zero-order chi connectivity index (χ0) is 61.4. The molecule has 0 aromatic heterocycles. The fraction of sp³-hybridized carbons (Fsp3) is 0.625. The first-order valence-electron chi connectivity index (χ1n) is 17.2. The Hall–Kier alpha value is -3.80. The highest BCUT2D eigenvalue weighted by Crippen LogP contribution is 2.69. The van der Waals surface area contributed by atoms with E-state index >= 15 is 0 Å². The molecule has 0 saturated heterocycles. The van der Waals surface area contributed by atoms with Crippen LogP contribution in [0.4, 0.5) is 184 Å². The first-order valence-corrected chi connectivity index (χ1v) is 19.3. The number of benzene rings is 2. The summed E-state index contributed by atoms with van der Waals surface area (Å²) in [4.78, 5) is -1.83. The maximum atomic E-state index is 14.7. The Labute approximate surface area is 394 Å². The Morgan fingerprint density at radius 2 is 0.303 bits per heavy atom. The summed E-state index contributed by atoms with van der Waals surface area (Å²) < 4.78 is 576. The van der Waals surface area contributed by atoms with E-state index in [0.29, 0.717) is 0 Å². The number of hydrogen-bond donors (Lipinski definition) is 0. The molecular formula is C32H8F42S2. The van der Waals surface area contributed by atoms with E-state index < -0.39 is 164 Å². The lowest BCUT2D eigenvalue weighted by Gasteiger charge is -2.44. The normalized spacial score (nSPS) is 16.4. The second kappa shape index (κ2) is 18.4. The maximum Gasteiger partial charge on any atom is 0.460 e. The van der Waals surface area contributed by atoms with Gasteiger partial charge in [0.2, 0.25) is 0 Å². The van der Waals surface area contributed by atoms with E-state index in [1.165, 1.54) is 0 Å². The molecule has 44 heteroatoms. The minimum absolute atomic E-state index is 0.150. The summed E-state index contributed by atoms with van der Waals surface area (Å²) in [6.45, 7) is 0. The molecule has 76 heavy (non-hydrogen) atoms. The highest BCUT2D eigenvalue weighted by Gasteiger charge is 3.00. The molecule has 0 aliphatic rings. The van der Waals surface area contributed by atoms with Crippen LogP contribution in [0.3, 0.4) is 0 Å². The minimum atomic E-state index is -9.48. The van der Waals surface area contributed by atoms with Crippen molar-refractivity contribution in [2.75, 3.05) is 0 Å². The van der Waals surface area contributed by atoms with Gasteiger partial charge in [0.1, 0.15) is 0 Å². The molecule has 0 saturated carbocycles. The lowest BCUT2D eigenvalue weighted by atomic mass is 9.85. The highest BCUT2D eigenvalue weighted by atomic mass is 33.1. The van der Waals surface area contributed by atoms with Crippen LogP contribution in [0, 0.1) is 0 Å². The topological polar surface area (TPSA) is 0 Å². The molecule has 0 fully saturated rings. The van der Waals surface area contributed by atoms with Gasteiger partial charge in [-0.1, -0.05) is 45.9 Å². The van der Waals surface area contributed by atoms with Gasteiger partial charge in [-0.05, 0) is 24.3 Å². The van der Waals surface area contributed by atoms with E-state index in [-0.39, 0.29) is 45.9 Å². The third kappa shape index (κ3) is 8.82. The third-order valence-corrected chi connectivity index (χ3v) is 12.1. The van der Waals surface area contributed by atoms with Crippen LogP contribution in [-0.2, 0) is 11.8 Å². The smallest absolute Gasteiger partial charge is 0.194 e. The van der Waals surface area contributed by atoms with Gasteiger partial charge in [-0.3, -0.25) is 0 Å². The summed E-state index contributed by atoms with van der Waals surface area (Å²) >= 11 is 0. The Morgan fingerprint density at radius 3 is 0.447 bits per heavy atom. The van der Waals surface area contributed by atoms with Crippen LogP contribution in [0.2, 0.25) is 0 Å². The summed E-state index contributed by atoms with van der Waals surface area (Å²) in [5.74, 6) is -160. The Bertz CT molecular complexity index is 2200. The lowest BCUT2D eigenvalue weighted by Crippen LogP contribution is -2.76. The third-order valence-electron chi connectivity index (χ3n) is 9.69. The summed E-state index contributed by atoms with van der Waals surface area (Å²) in [6, 6.07) is -3.39. The van der Waals surface area contributed by atoms with Crippen LogP contribution in [0.5, 0.6) is 0 Å². The summed E-state index contributed by atoms with van der Waals surface area (Å²) in [5.41, 5.74) is -5.82. The minimum Gasteiger partial charge on any atom is -0.194 e. The van der Waals surface area contributed by atoms with Crippen molar-refractivity contribution in [1.29, 1.82) is 0 Å².